The minimum atomic E-state index is -0.0310. The second-order valence-corrected chi connectivity index (χ2v) is 3.36. The Morgan fingerprint density at radius 3 is 3.00 bits per heavy atom. The fourth-order valence-corrected chi connectivity index (χ4v) is 1.58. The molecule has 0 aliphatic carbocycles. The molecule has 2 aromatic rings. The minimum Gasteiger partial charge on any atom is -0.377 e. The number of rotatable bonds is 3. The van der Waals surface area contributed by atoms with Gasteiger partial charge in [0.05, 0.1) is 17.1 Å². The minimum absolute atomic E-state index is 0.0310. The zero-order valence-electron chi connectivity index (χ0n) is 8.65. The van der Waals surface area contributed by atoms with Gasteiger partial charge < -0.3 is 9.72 Å². The molecule has 0 saturated carbocycles. The van der Waals surface area contributed by atoms with E-state index in [9.17, 15) is 4.79 Å². The molecule has 4 heteroatoms. The number of aromatic amines is 1. The number of aromatic nitrogens is 2. The Hall–Kier alpha value is -1.68. The third-order valence-corrected chi connectivity index (χ3v) is 2.47. The SMILES string of the molecule is COC(C)c1cccc2[nH]c(C=O)nc12. The fourth-order valence-electron chi connectivity index (χ4n) is 1.58. The molecule has 0 spiro atoms. The lowest BCUT2D eigenvalue weighted by Gasteiger charge is -2.09. The summed E-state index contributed by atoms with van der Waals surface area (Å²) >= 11 is 0. The van der Waals surface area contributed by atoms with Crippen LogP contribution in [0, 0.1) is 0 Å². The second kappa shape index (κ2) is 3.82. The molecule has 1 aromatic heterocycles. The van der Waals surface area contributed by atoms with Crippen LogP contribution in [0.4, 0.5) is 0 Å². The number of imidazole rings is 1. The first-order chi connectivity index (χ1) is 7.26. The third kappa shape index (κ3) is 1.64. The number of hydrogen-bond donors (Lipinski definition) is 1. The van der Waals surface area contributed by atoms with Crippen LogP contribution >= 0.6 is 0 Å². The fraction of sp³-hybridized carbons (Fsp3) is 0.273. The lowest BCUT2D eigenvalue weighted by Crippen LogP contribution is -1.96. The smallest absolute Gasteiger partial charge is 0.185 e. The number of fused-ring (bicyclic) bond motifs is 1. The molecule has 0 saturated heterocycles. The normalized spacial score (nSPS) is 12.9. The van der Waals surface area contributed by atoms with E-state index in [2.05, 4.69) is 9.97 Å². The highest BCUT2D eigenvalue weighted by Gasteiger charge is 2.11. The van der Waals surface area contributed by atoms with Crippen molar-refractivity contribution in [1.29, 1.82) is 0 Å². The van der Waals surface area contributed by atoms with E-state index in [1.54, 1.807) is 7.11 Å². The van der Waals surface area contributed by atoms with Crippen LogP contribution < -0.4 is 0 Å². The summed E-state index contributed by atoms with van der Waals surface area (Å²) in [6, 6.07) is 5.76. The van der Waals surface area contributed by atoms with Gasteiger partial charge in [-0.25, -0.2) is 4.98 Å². The molecule has 1 heterocycles. The van der Waals surface area contributed by atoms with Crippen LogP contribution in [0.2, 0.25) is 0 Å². The van der Waals surface area contributed by atoms with E-state index < -0.39 is 0 Å². The van der Waals surface area contributed by atoms with Crippen molar-refractivity contribution < 1.29 is 9.53 Å². The third-order valence-electron chi connectivity index (χ3n) is 2.47. The number of carbonyl (C=O) groups excluding carboxylic acids is 1. The van der Waals surface area contributed by atoms with Gasteiger partial charge in [-0.15, -0.1) is 0 Å². The topological polar surface area (TPSA) is 55.0 Å². The number of aldehydes is 1. The van der Waals surface area contributed by atoms with Crippen LogP contribution in [0.15, 0.2) is 18.2 Å². The van der Waals surface area contributed by atoms with Crippen molar-refractivity contribution in [2.75, 3.05) is 7.11 Å². The second-order valence-electron chi connectivity index (χ2n) is 3.36. The average molecular weight is 204 g/mol. The molecule has 1 unspecified atom stereocenters. The van der Waals surface area contributed by atoms with Crippen LogP contribution in [0.5, 0.6) is 0 Å². The lowest BCUT2D eigenvalue weighted by molar-refractivity contribution is 0.111. The van der Waals surface area contributed by atoms with Crippen molar-refractivity contribution in [1.82, 2.24) is 9.97 Å². The predicted molar refractivity (Wildman–Crippen MR) is 56.9 cm³/mol. The molecule has 0 bridgehead atoms. The van der Waals surface area contributed by atoms with Gasteiger partial charge >= 0.3 is 0 Å². The molecule has 1 aromatic carbocycles. The maximum Gasteiger partial charge on any atom is 0.185 e. The quantitative estimate of drug-likeness (QED) is 0.779. The van der Waals surface area contributed by atoms with Gasteiger partial charge in [-0.3, -0.25) is 4.79 Å². The summed E-state index contributed by atoms with van der Waals surface area (Å²) in [6.45, 7) is 1.95. The van der Waals surface area contributed by atoms with Gasteiger partial charge in [0.1, 0.15) is 0 Å². The molecule has 0 amide bonds. The molecule has 4 nitrogen and oxygen atoms in total. The number of nitrogens with one attached hydrogen (secondary N) is 1. The van der Waals surface area contributed by atoms with Crippen molar-refractivity contribution in [3.05, 3.63) is 29.6 Å². The number of ether oxygens (including phenoxy) is 1. The maximum absolute atomic E-state index is 10.6. The van der Waals surface area contributed by atoms with E-state index in [-0.39, 0.29) is 6.10 Å². The van der Waals surface area contributed by atoms with Crippen molar-refractivity contribution in [3.8, 4) is 0 Å². The zero-order chi connectivity index (χ0) is 10.8. The van der Waals surface area contributed by atoms with Gasteiger partial charge in [0, 0.05) is 12.7 Å². The number of benzene rings is 1. The van der Waals surface area contributed by atoms with Crippen LogP contribution in [-0.4, -0.2) is 23.4 Å². The average Bonchev–Trinajstić information content (AvgIpc) is 2.70. The van der Waals surface area contributed by atoms with E-state index >= 15 is 0 Å². The summed E-state index contributed by atoms with van der Waals surface area (Å²) in [5.74, 6) is 0.348. The Kier molecular flexibility index (Phi) is 2.51. The van der Waals surface area contributed by atoms with E-state index in [4.69, 9.17) is 4.74 Å². The van der Waals surface area contributed by atoms with Gasteiger partial charge in [-0.05, 0) is 13.0 Å². The van der Waals surface area contributed by atoms with Crippen LogP contribution in [0.25, 0.3) is 11.0 Å². The predicted octanol–water partition coefficient (Wildman–Crippen LogP) is 2.08. The number of H-pyrrole nitrogens is 1. The number of hydrogen-bond acceptors (Lipinski definition) is 3. The van der Waals surface area contributed by atoms with Gasteiger partial charge in [-0.1, -0.05) is 12.1 Å². The molecule has 1 atom stereocenters. The first kappa shape index (κ1) is 9.86. The monoisotopic (exact) mass is 204 g/mol. The van der Waals surface area contributed by atoms with Gasteiger partial charge in [0.2, 0.25) is 0 Å². The Morgan fingerprint density at radius 2 is 2.33 bits per heavy atom. The standard InChI is InChI=1S/C11H12N2O2/c1-7(15-2)8-4-3-5-9-11(8)13-10(6-14)12-9/h3-7H,1-2H3,(H,12,13). The van der Waals surface area contributed by atoms with E-state index in [1.807, 2.05) is 25.1 Å². The van der Waals surface area contributed by atoms with Crippen molar-refractivity contribution in [3.63, 3.8) is 0 Å². The van der Waals surface area contributed by atoms with Gasteiger partial charge in [0.15, 0.2) is 12.1 Å². The van der Waals surface area contributed by atoms with Crippen LogP contribution in [-0.2, 0) is 4.74 Å². The molecule has 0 aliphatic heterocycles. The molecule has 0 radical (unpaired) electrons. The summed E-state index contributed by atoms with van der Waals surface area (Å²) in [6.07, 6.45) is 0.679. The highest BCUT2D eigenvalue weighted by Crippen LogP contribution is 2.23. The Morgan fingerprint density at radius 1 is 1.53 bits per heavy atom. The zero-order valence-corrected chi connectivity index (χ0v) is 8.65. The Balaban J connectivity index is 2.63. The summed E-state index contributed by atoms with van der Waals surface area (Å²) in [4.78, 5) is 17.7. The van der Waals surface area contributed by atoms with E-state index in [0.29, 0.717) is 12.1 Å². The van der Waals surface area contributed by atoms with Gasteiger partial charge in [0.25, 0.3) is 0 Å². The molecule has 0 aliphatic rings. The first-order valence-corrected chi connectivity index (χ1v) is 4.73. The molecule has 15 heavy (non-hydrogen) atoms. The van der Waals surface area contributed by atoms with Crippen molar-refractivity contribution >= 4 is 17.3 Å². The summed E-state index contributed by atoms with van der Waals surface area (Å²) in [5.41, 5.74) is 2.65. The molecular formula is C11H12N2O2. The van der Waals surface area contributed by atoms with Crippen LogP contribution in [0.3, 0.4) is 0 Å². The van der Waals surface area contributed by atoms with E-state index in [0.717, 1.165) is 16.6 Å². The molecule has 1 N–H and O–H groups in total. The molecular weight excluding hydrogens is 192 g/mol. The number of methoxy groups -OCH3 is 1. The number of carbonyl (C=O) groups is 1. The summed E-state index contributed by atoms with van der Waals surface area (Å²) in [5, 5.41) is 0. The van der Waals surface area contributed by atoms with Crippen LogP contribution in [0.1, 0.15) is 29.2 Å². The largest absolute Gasteiger partial charge is 0.377 e. The molecule has 0 fully saturated rings. The summed E-state index contributed by atoms with van der Waals surface area (Å²) in [7, 11) is 1.65. The molecule has 78 valence electrons. The van der Waals surface area contributed by atoms with Crippen molar-refractivity contribution in [2.45, 2.75) is 13.0 Å². The first-order valence-electron chi connectivity index (χ1n) is 4.73. The summed E-state index contributed by atoms with van der Waals surface area (Å²) < 4.78 is 5.24. The number of para-hydroxylation sites is 1. The Labute approximate surface area is 87.3 Å². The molecule has 2 rings (SSSR count). The van der Waals surface area contributed by atoms with E-state index in [1.165, 1.54) is 0 Å². The number of nitrogens with zero attached hydrogens (tertiary/aromatic N) is 1. The maximum atomic E-state index is 10.6. The Bertz CT molecular complexity index is 490. The lowest BCUT2D eigenvalue weighted by atomic mass is 10.1. The highest BCUT2D eigenvalue weighted by molar-refractivity contribution is 5.84. The van der Waals surface area contributed by atoms with Crippen molar-refractivity contribution in [2.24, 2.45) is 0 Å². The highest BCUT2D eigenvalue weighted by atomic mass is 16.5. The van der Waals surface area contributed by atoms with Gasteiger partial charge in [-0.2, -0.15) is 0 Å².